The van der Waals surface area contributed by atoms with Crippen molar-refractivity contribution in [2.24, 2.45) is 0 Å². The predicted molar refractivity (Wildman–Crippen MR) is 93.7 cm³/mol. The molecule has 0 unspecified atom stereocenters. The minimum atomic E-state index is -0.317. The molecule has 0 N–H and O–H groups in total. The van der Waals surface area contributed by atoms with Gasteiger partial charge in [0.1, 0.15) is 9.88 Å². The van der Waals surface area contributed by atoms with E-state index in [9.17, 15) is 4.79 Å². The van der Waals surface area contributed by atoms with Crippen molar-refractivity contribution in [1.29, 1.82) is 0 Å². The number of thiazole rings is 1. The van der Waals surface area contributed by atoms with Gasteiger partial charge in [0.25, 0.3) is 0 Å². The van der Waals surface area contributed by atoms with Crippen molar-refractivity contribution in [3.63, 3.8) is 0 Å². The van der Waals surface area contributed by atoms with Crippen molar-refractivity contribution >= 4 is 17.3 Å². The van der Waals surface area contributed by atoms with Gasteiger partial charge in [0.05, 0.1) is 12.3 Å². The molecule has 2 aromatic carbocycles. The summed E-state index contributed by atoms with van der Waals surface area (Å²) >= 11 is 1.37. The zero-order chi connectivity index (χ0) is 16.2. The first-order valence-electron chi connectivity index (χ1n) is 7.49. The van der Waals surface area contributed by atoms with Crippen LogP contribution in [-0.2, 0) is 4.74 Å². The molecule has 0 radical (unpaired) electrons. The third kappa shape index (κ3) is 3.32. The molecule has 0 amide bonds. The fourth-order valence-corrected chi connectivity index (χ4v) is 3.25. The third-order valence-corrected chi connectivity index (χ3v) is 4.52. The average molecular weight is 323 g/mol. The monoisotopic (exact) mass is 323 g/mol. The fraction of sp³-hybridized carbons (Fsp3) is 0.158. The van der Waals surface area contributed by atoms with Crippen LogP contribution in [0.3, 0.4) is 0 Å². The molecule has 1 aromatic heterocycles. The van der Waals surface area contributed by atoms with Gasteiger partial charge in [-0.15, -0.1) is 11.3 Å². The molecule has 0 atom stereocenters. The Balaban J connectivity index is 2.10. The van der Waals surface area contributed by atoms with Crippen LogP contribution >= 0.6 is 11.3 Å². The SMILES string of the molecule is CCOC(=O)c1sc(-c2ccccc2)nc1-c1ccc(C)cc1. The second-order valence-electron chi connectivity index (χ2n) is 5.15. The van der Waals surface area contributed by atoms with Crippen LogP contribution in [0.15, 0.2) is 54.6 Å². The summed E-state index contributed by atoms with van der Waals surface area (Å²) in [6.45, 7) is 4.19. The van der Waals surface area contributed by atoms with Gasteiger partial charge >= 0.3 is 5.97 Å². The molecule has 23 heavy (non-hydrogen) atoms. The van der Waals surface area contributed by atoms with Crippen molar-refractivity contribution in [2.45, 2.75) is 13.8 Å². The van der Waals surface area contributed by atoms with E-state index in [1.165, 1.54) is 16.9 Å². The number of carbonyl (C=O) groups is 1. The van der Waals surface area contributed by atoms with Gasteiger partial charge in [0, 0.05) is 11.1 Å². The Morgan fingerprint density at radius 1 is 1.04 bits per heavy atom. The molecule has 3 aromatic rings. The lowest BCUT2D eigenvalue weighted by atomic mass is 10.1. The zero-order valence-corrected chi connectivity index (χ0v) is 13.9. The van der Waals surface area contributed by atoms with E-state index >= 15 is 0 Å². The van der Waals surface area contributed by atoms with Gasteiger partial charge in [-0.2, -0.15) is 0 Å². The average Bonchev–Trinajstić information content (AvgIpc) is 3.02. The number of aryl methyl sites for hydroxylation is 1. The van der Waals surface area contributed by atoms with E-state index in [1.54, 1.807) is 0 Å². The van der Waals surface area contributed by atoms with Crippen molar-refractivity contribution in [1.82, 2.24) is 4.98 Å². The highest BCUT2D eigenvalue weighted by atomic mass is 32.1. The third-order valence-electron chi connectivity index (χ3n) is 3.43. The molecule has 3 rings (SSSR count). The molecule has 0 aliphatic heterocycles. The van der Waals surface area contributed by atoms with Crippen molar-refractivity contribution < 1.29 is 9.53 Å². The van der Waals surface area contributed by atoms with Gasteiger partial charge in [-0.3, -0.25) is 0 Å². The van der Waals surface area contributed by atoms with Gasteiger partial charge in [-0.25, -0.2) is 9.78 Å². The smallest absolute Gasteiger partial charge is 0.350 e. The molecule has 0 aliphatic carbocycles. The van der Waals surface area contributed by atoms with Crippen LogP contribution in [0, 0.1) is 6.92 Å². The summed E-state index contributed by atoms with van der Waals surface area (Å²) in [6.07, 6.45) is 0. The molecule has 0 saturated heterocycles. The number of rotatable bonds is 4. The minimum Gasteiger partial charge on any atom is -0.462 e. The second-order valence-corrected chi connectivity index (χ2v) is 6.15. The highest BCUT2D eigenvalue weighted by Gasteiger charge is 2.21. The number of nitrogens with zero attached hydrogens (tertiary/aromatic N) is 1. The molecule has 0 saturated carbocycles. The Morgan fingerprint density at radius 2 is 1.74 bits per heavy atom. The molecule has 0 spiro atoms. The Morgan fingerprint density at radius 3 is 2.39 bits per heavy atom. The summed E-state index contributed by atoms with van der Waals surface area (Å²) in [5.74, 6) is -0.317. The standard InChI is InChI=1S/C19H17NO2S/c1-3-22-19(21)17-16(14-11-9-13(2)10-12-14)20-18(23-17)15-7-5-4-6-8-15/h4-12H,3H2,1-2H3. The molecular formula is C19H17NO2S. The van der Waals surface area contributed by atoms with Crippen LogP contribution in [0.25, 0.3) is 21.8 Å². The van der Waals surface area contributed by atoms with Crippen LogP contribution in [0.2, 0.25) is 0 Å². The molecule has 116 valence electrons. The number of ether oxygens (including phenoxy) is 1. The first-order valence-corrected chi connectivity index (χ1v) is 8.31. The zero-order valence-electron chi connectivity index (χ0n) is 13.1. The van der Waals surface area contributed by atoms with E-state index in [4.69, 9.17) is 9.72 Å². The van der Waals surface area contributed by atoms with Gasteiger partial charge in [0.15, 0.2) is 0 Å². The van der Waals surface area contributed by atoms with Crippen LogP contribution in [0.4, 0.5) is 0 Å². The largest absolute Gasteiger partial charge is 0.462 e. The van der Waals surface area contributed by atoms with E-state index in [1.807, 2.05) is 68.4 Å². The summed E-state index contributed by atoms with van der Waals surface area (Å²) in [5, 5.41) is 0.823. The Kier molecular flexibility index (Phi) is 4.53. The Bertz CT molecular complexity index is 807. The van der Waals surface area contributed by atoms with Crippen LogP contribution in [-0.4, -0.2) is 17.6 Å². The Labute approximate surface area is 139 Å². The van der Waals surface area contributed by atoms with E-state index in [-0.39, 0.29) is 5.97 Å². The highest BCUT2D eigenvalue weighted by molar-refractivity contribution is 7.17. The Hall–Kier alpha value is -2.46. The summed E-state index contributed by atoms with van der Waals surface area (Å²) < 4.78 is 5.19. The number of hydrogen-bond donors (Lipinski definition) is 0. The number of carbonyl (C=O) groups excluding carboxylic acids is 1. The van der Waals surface area contributed by atoms with Crippen molar-refractivity contribution in [3.8, 4) is 21.8 Å². The van der Waals surface area contributed by atoms with E-state index in [0.29, 0.717) is 17.2 Å². The predicted octanol–water partition coefficient (Wildman–Crippen LogP) is 4.96. The number of esters is 1. The minimum absolute atomic E-state index is 0.317. The quantitative estimate of drug-likeness (QED) is 0.637. The van der Waals surface area contributed by atoms with E-state index in [2.05, 4.69) is 0 Å². The summed E-state index contributed by atoms with van der Waals surface area (Å²) in [7, 11) is 0. The highest BCUT2D eigenvalue weighted by Crippen LogP contribution is 2.34. The normalized spacial score (nSPS) is 10.5. The van der Waals surface area contributed by atoms with Crippen LogP contribution in [0.1, 0.15) is 22.2 Å². The number of aromatic nitrogens is 1. The van der Waals surface area contributed by atoms with Crippen molar-refractivity contribution in [3.05, 3.63) is 65.0 Å². The van der Waals surface area contributed by atoms with Crippen molar-refractivity contribution in [2.75, 3.05) is 6.61 Å². The molecular weight excluding hydrogens is 306 g/mol. The molecule has 0 bridgehead atoms. The first kappa shape index (κ1) is 15.4. The maximum absolute atomic E-state index is 12.3. The summed E-state index contributed by atoms with van der Waals surface area (Å²) in [6, 6.07) is 17.9. The fourth-order valence-electron chi connectivity index (χ4n) is 2.27. The van der Waals surface area contributed by atoms with E-state index in [0.717, 1.165) is 16.1 Å². The van der Waals surface area contributed by atoms with Crippen LogP contribution < -0.4 is 0 Å². The second kappa shape index (κ2) is 6.75. The van der Waals surface area contributed by atoms with Gasteiger partial charge in [-0.1, -0.05) is 60.2 Å². The van der Waals surface area contributed by atoms with Crippen LogP contribution in [0.5, 0.6) is 0 Å². The summed E-state index contributed by atoms with van der Waals surface area (Å²) in [5.41, 5.74) is 3.79. The first-order chi connectivity index (χ1) is 11.2. The topological polar surface area (TPSA) is 39.2 Å². The lowest BCUT2D eigenvalue weighted by Crippen LogP contribution is -2.03. The maximum Gasteiger partial charge on any atom is 0.350 e. The molecule has 3 nitrogen and oxygen atoms in total. The molecule has 1 heterocycles. The van der Waals surface area contributed by atoms with Gasteiger partial charge in [-0.05, 0) is 13.8 Å². The molecule has 0 aliphatic rings. The van der Waals surface area contributed by atoms with Gasteiger partial charge in [0.2, 0.25) is 0 Å². The summed E-state index contributed by atoms with van der Waals surface area (Å²) in [4.78, 5) is 17.6. The van der Waals surface area contributed by atoms with Gasteiger partial charge < -0.3 is 4.74 Å². The van der Waals surface area contributed by atoms with E-state index < -0.39 is 0 Å². The maximum atomic E-state index is 12.3. The number of benzene rings is 2. The number of hydrogen-bond acceptors (Lipinski definition) is 4. The lowest BCUT2D eigenvalue weighted by Gasteiger charge is -2.02. The molecule has 4 heteroatoms. The lowest BCUT2D eigenvalue weighted by molar-refractivity contribution is 0.0532. The molecule has 0 fully saturated rings.